The Morgan fingerprint density at radius 2 is 1.81 bits per heavy atom. The lowest BCUT2D eigenvalue weighted by Gasteiger charge is -2.12. The summed E-state index contributed by atoms with van der Waals surface area (Å²) < 4.78 is 40.7. The van der Waals surface area contributed by atoms with Crippen molar-refractivity contribution in [3.05, 3.63) is 51.8 Å². The maximum atomic E-state index is 13.9. The van der Waals surface area contributed by atoms with Gasteiger partial charge in [0, 0.05) is 10.0 Å². The summed E-state index contributed by atoms with van der Waals surface area (Å²) in [5.74, 6) is -1.04. The standard InChI is InChI=1S/C13H11Cl2FN2O2S/c1-7-4-8(14)2-3-11(7)18-21(19,20)12-6-9(15)5-10(17)13(12)16/h2-6,18H,17H2,1H3. The summed E-state index contributed by atoms with van der Waals surface area (Å²) in [6.07, 6.45) is 0. The molecular weight excluding hydrogens is 338 g/mol. The monoisotopic (exact) mass is 348 g/mol. The molecule has 4 nitrogen and oxygen atoms in total. The van der Waals surface area contributed by atoms with Crippen molar-refractivity contribution in [3.8, 4) is 0 Å². The summed E-state index contributed by atoms with van der Waals surface area (Å²) in [4.78, 5) is -0.609. The number of nitrogens with two attached hydrogens (primary N) is 1. The van der Waals surface area contributed by atoms with Crippen LogP contribution in [0, 0.1) is 12.7 Å². The predicted molar refractivity (Wildman–Crippen MR) is 82.8 cm³/mol. The lowest BCUT2D eigenvalue weighted by atomic mass is 10.2. The van der Waals surface area contributed by atoms with E-state index in [1.165, 1.54) is 12.1 Å². The van der Waals surface area contributed by atoms with Gasteiger partial charge in [-0.05, 0) is 42.8 Å². The van der Waals surface area contributed by atoms with Gasteiger partial charge in [-0.25, -0.2) is 12.8 Å². The van der Waals surface area contributed by atoms with E-state index in [2.05, 4.69) is 4.72 Å². The van der Waals surface area contributed by atoms with Crippen LogP contribution in [0.5, 0.6) is 0 Å². The predicted octanol–water partition coefficient (Wildman–Crippen LogP) is 3.82. The first-order valence-corrected chi connectivity index (χ1v) is 7.98. The molecule has 0 atom stereocenters. The fourth-order valence-corrected chi connectivity index (χ4v) is 3.50. The molecule has 3 N–H and O–H groups in total. The zero-order valence-corrected chi connectivity index (χ0v) is 13.2. The van der Waals surface area contributed by atoms with Crippen molar-refractivity contribution in [3.63, 3.8) is 0 Å². The van der Waals surface area contributed by atoms with Crippen molar-refractivity contribution in [2.24, 2.45) is 0 Å². The van der Waals surface area contributed by atoms with Crippen LogP contribution in [0.2, 0.25) is 10.0 Å². The number of sulfonamides is 1. The van der Waals surface area contributed by atoms with E-state index in [0.717, 1.165) is 12.1 Å². The van der Waals surface area contributed by atoms with E-state index in [9.17, 15) is 12.8 Å². The van der Waals surface area contributed by atoms with E-state index in [1.807, 2.05) is 0 Å². The van der Waals surface area contributed by atoms with Gasteiger partial charge < -0.3 is 5.73 Å². The number of nitrogens with one attached hydrogen (secondary N) is 1. The van der Waals surface area contributed by atoms with Gasteiger partial charge in [-0.1, -0.05) is 23.2 Å². The average molecular weight is 349 g/mol. The third-order valence-corrected chi connectivity index (χ3v) is 4.57. The molecule has 0 bridgehead atoms. The van der Waals surface area contributed by atoms with Crippen LogP contribution in [0.15, 0.2) is 35.2 Å². The molecule has 0 aliphatic carbocycles. The summed E-state index contributed by atoms with van der Waals surface area (Å²) in [5, 5.41) is 0.496. The minimum atomic E-state index is -4.16. The topological polar surface area (TPSA) is 72.2 Å². The lowest BCUT2D eigenvalue weighted by molar-refractivity contribution is 0.573. The molecule has 2 aromatic rings. The van der Waals surface area contributed by atoms with Crippen molar-refractivity contribution < 1.29 is 12.8 Å². The van der Waals surface area contributed by atoms with Crippen LogP contribution in [0.1, 0.15) is 5.56 Å². The van der Waals surface area contributed by atoms with E-state index >= 15 is 0 Å². The molecule has 0 aliphatic heterocycles. The van der Waals surface area contributed by atoms with E-state index in [0.29, 0.717) is 10.6 Å². The molecule has 0 unspecified atom stereocenters. The molecule has 112 valence electrons. The fourth-order valence-electron chi connectivity index (χ4n) is 1.72. The normalized spacial score (nSPS) is 11.4. The number of nitrogen functional groups attached to an aromatic ring is 1. The van der Waals surface area contributed by atoms with Crippen LogP contribution in [0.4, 0.5) is 15.8 Å². The van der Waals surface area contributed by atoms with Crippen molar-refractivity contribution in [2.75, 3.05) is 10.5 Å². The molecule has 2 aromatic carbocycles. The van der Waals surface area contributed by atoms with Gasteiger partial charge in [0.15, 0.2) is 5.82 Å². The Hall–Kier alpha value is -1.50. The highest BCUT2D eigenvalue weighted by Crippen LogP contribution is 2.28. The van der Waals surface area contributed by atoms with Crippen LogP contribution >= 0.6 is 23.2 Å². The van der Waals surface area contributed by atoms with Crippen LogP contribution in [-0.4, -0.2) is 8.42 Å². The third-order valence-electron chi connectivity index (χ3n) is 2.75. The number of rotatable bonds is 3. The smallest absolute Gasteiger partial charge is 0.264 e. The Labute approximate surface area is 131 Å². The number of hydrogen-bond donors (Lipinski definition) is 2. The Morgan fingerprint density at radius 3 is 2.43 bits per heavy atom. The quantitative estimate of drug-likeness (QED) is 0.828. The molecule has 8 heteroatoms. The lowest BCUT2D eigenvalue weighted by Crippen LogP contribution is -2.16. The van der Waals surface area contributed by atoms with E-state index < -0.39 is 20.7 Å². The number of anilines is 2. The van der Waals surface area contributed by atoms with Crippen molar-refractivity contribution >= 4 is 44.6 Å². The van der Waals surface area contributed by atoms with Crippen molar-refractivity contribution in [2.45, 2.75) is 11.8 Å². The first-order chi connectivity index (χ1) is 9.70. The maximum absolute atomic E-state index is 13.9. The van der Waals surface area contributed by atoms with Gasteiger partial charge in [-0.15, -0.1) is 0 Å². The molecule has 0 aliphatic rings. The van der Waals surface area contributed by atoms with Gasteiger partial charge in [0.05, 0.1) is 11.4 Å². The zero-order chi connectivity index (χ0) is 15.8. The SMILES string of the molecule is Cc1cc(Cl)ccc1NS(=O)(=O)c1cc(Cl)cc(N)c1F. The Balaban J connectivity index is 2.48. The molecule has 0 spiro atoms. The maximum Gasteiger partial charge on any atom is 0.264 e. The van der Waals surface area contributed by atoms with Crippen LogP contribution in [-0.2, 0) is 10.0 Å². The number of benzene rings is 2. The highest BCUT2D eigenvalue weighted by molar-refractivity contribution is 7.92. The van der Waals surface area contributed by atoms with Gasteiger partial charge in [-0.2, -0.15) is 0 Å². The molecule has 0 saturated carbocycles. The highest BCUT2D eigenvalue weighted by atomic mass is 35.5. The minimum absolute atomic E-state index is 0.0297. The van der Waals surface area contributed by atoms with Gasteiger partial charge in [-0.3, -0.25) is 4.72 Å². The van der Waals surface area contributed by atoms with Crippen LogP contribution < -0.4 is 10.5 Å². The molecule has 21 heavy (non-hydrogen) atoms. The van der Waals surface area contributed by atoms with Crippen LogP contribution in [0.25, 0.3) is 0 Å². The van der Waals surface area contributed by atoms with Crippen LogP contribution in [0.3, 0.4) is 0 Å². The summed E-state index contributed by atoms with van der Waals surface area (Å²) in [6, 6.07) is 6.74. The summed E-state index contributed by atoms with van der Waals surface area (Å²) >= 11 is 11.5. The molecule has 0 amide bonds. The molecule has 2 rings (SSSR count). The van der Waals surface area contributed by atoms with Crippen molar-refractivity contribution in [1.29, 1.82) is 0 Å². The fraction of sp³-hybridized carbons (Fsp3) is 0.0769. The second-order valence-electron chi connectivity index (χ2n) is 4.37. The third kappa shape index (κ3) is 3.40. The highest BCUT2D eigenvalue weighted by Gasteiger charge is 2.22. The summed E-state index contributed by atoms with van der Waals surface area (Å²) in [7, 11) is -4.16. The zero-order valence-electron chi connectivity index (χ0n) is 10.8. The van der Waals surface area contributed by atoms with Gasteiger partial charge in [0.2, 0.25) is 0 Å². The molecular formula is C13H11Cl2FN2O2S. The molecule has 0 fully saturated rings. The Bertz CT molecular complexity index is 810. The molecule has 0 saturated heterocycles. The van der Waals surface area contributed by atoms with Gasteiger partial charge in [0.25, 0.3) is 10.0 Å². The molecule has 0 heterocycles. The summed E-state index contributed by atoms with van der Waals surface area (Å²) in [6.45, 7) is 1.67. The first kappa shape index (κ1) is 15.9. The Morgan fingerprint density at radius 1 is 1.14 bits per heavy atom. The van der Waals surface area contributed by atoms with Crippen molar-refractivity contribution in [1.82, 2.24) is 0 Å². The first-order valence-electron chi connectivity index (χ1n) is 5.74. The minimum Gasteiger partial charge on any atom is -0.396 e. The van der Waals surface area contributed by atoms with E-state index in [-0.39, 0.29) is 16.4 Å². The average Bonchev–Trinajstić information content (AvgIpc) is 2.37. The van der Waals surface area contributed by atoms with Gasteiger partial charge >= 0.3 is 0 Å². The molecule has 0 aromatic heterocycles. The summed E-state index contributed by atoms with van der Waals surface area (Å²) in [5.41, 5.74) is 5.94. The second kappa shape index (κ2) is 5.71. The van der Waals surface area contributed by atoms with Gasteiger partial charge in [0.1, 0.15) is 4.90 Å². The largest absolute Gasteiger partial charge is 0.396 e. The number of aryl methyl sites for hydroxylation is 1. The number of halogens is 3. The second-order valence-corrected chi connectivity index (χ2v) is 6.90. The Kier molecular flexibility index (Phi) is 4.32. The number of hydrogen-bond acceptors (Lipinski definition) is 3. The molecule has 0 radical (unpaired) electrons. The van der Waals surface area contributed by atoms with E-state index in [1.54, 1.807) is 13.0 Å². The van der Waals surface area contributed by atoms with E-state index in [4.69, 9.17) is 28.9 Å².